The van der Waals surface area contributed by atoms with Gasteiger partial charge in [-0.2, -0.15) is 0 Å². The summed E-state index contributed by atoms with van der Waals surface area (Å²) in [4.78, 5) is 37.3. The summed E-state index contributed by atoms with van der Waals surface area (Å²) in [5.41, 5.74) is 0. The van der Waals surface area contributed by atoms with Crippen molar-refractivity contribution >= 4 is 17.9 Å². The summed E-state index contributed by atoms with van der Waals surface area (Å²) in [6.45, 7) is 6.54. The molecule has 0 N–H and O–H groups in total. The van der Waals surface area contributed by atoms with E-state index in [9.17, 15) is 14.4 Å². The first-order valence-electron chi connectivity index (χ1n) is 20.5. The summed E-state index contributed by atoms with van der Waals surface area (Å²) in [5, 5.41) is 0. The Bertz CT molecular complexity index is 693. The number of esters is 3. The summed E-state index contributed by atoms with van der Waals surface area (Å²) >= 11 is 0. The SMILES string of the molecule is CCCCCCCCCCCCCCCC(=O)OC[C@@H](COC(=O)CCCCCCCCCCCCC)OC(=O)CCCCCCC. The molecule has 278 valence electrons. The van der Waals surface area contributed by atoms with Crippen molar-refractivity contribution in [3.05, 3.63) is 0 Å². The first kappa shape index (κ1) is 45.4. The molecular weight excluding hydrogens is 588 g/mol. The molecule has 0 aromatic heterocycles. The van der Waals surface area contributed by atoms with E-state index in [0.717, 1.165) is 64.2 Å². The molecule has 0 saturated carbocycles. The normalized spacial score (nSPS) is 11.8. The standard InChI is InChI=1S/C41H78O6/c1-4-7-10-13-15-17-19-20-22-24-26-29-31-34-40(43)46-37-38(47-41(44)35-32-27-12-9-6-3)36-45-39(42)33-30-28-25-23-21-18-16-14-11-8-5-2/h38H,4-37H2,1-3H3/t38-/m1/s1. The van der Waals surface area contributed by atoms with E-state index in [1.165, 1.54) is 122 Å². The summed E-state index contributed by atoms with van der Waals surface area (Å²) in [6, 6.07) is 0. The van der Waals surface area contributed by atoms with E-state index in [4.69, 9.17) is 14.2 Å². The van der Waals surface area contributed by atoms with Crippen LogP contribution in [-0.2, 0) is 28.6 Å². The van der Waals surface area contributed by atoms with Gasteiger partial charge in [-0.15, -0.1) is 0 Å². The van der Waals surface area contributed by atoms with Crippen molar-refractivity contribution in [2.24, 2.45) is 0 Å². The van der Waals surface area contributed by atoms with Gasteiger partial charge in [-0.05, 0) is 19.3 Å². The number of ether oxygens (including phenoxy) is 3. The van der Waals surface area contributed by atoms with Crippen LogP contribution in [0, 0.1) is 0 Å². The van der Waals surface area contributed by atoms with Crippen molar-refractivity contribution in [1.29, 1.82) is 0 Å². The van der Waals surface area contributed by atoms with E-state index in [0.29, 0.717) is 19.3 Å². The minimum absolute atomic E-state index is 0.0649. The average molecular weight is 667 g/mol. The first-order chi connectivity index (χ1) is 23.0. The molecule has 0 unspecified atom stereocenters. The summed E-state index contributed by atoms with van der Waals surface area (Å²) in [6.07, 6.45) is 35.4. The lowest BCUT2D eigenvalue weighted by Crippen LogP contribution is -2.30. The lowest BCUT2D eigenvalue weighted by Gasteiger charge is -2.18. The number of carbonyl (C=O) groups is 3. The molecule has 0 spiro atoms. The Kier molecular flexibility index (Phi) is 36.0. The molecule has 0 aromatic carbocycles. The molecule has 6 heteroatoms. The minimum atomic E-state index is -0.755. The third-order valence-electron chi connectivity index (χ3n) is 9.11. The number of rotatable bonds is 37. The van der Waals surface area contributed by atoms with Crippen LogP contribution in [0.15, 0.2) is 0 Å². The zero-order chi connectivity index (χ0) is 34.5. The minimum Gasteiger partial charge on any atom is -0.462 e. The van der Waals surface area contributed by atoms with E-state index >= 15 is 0 Å². The van der Waals surface area contributed by atoms with Crippen LogP contribution in [-0.4, -0.2) is 37.2 Å². The highest BCUT2D eigenvalue weighted by molar-refractivity contribution is 5.71. The van der Waals surface area contributed by atoms with Crippen LogP contribution in [0.5, 0.6) is 0 Å². The van der Waals surface area contributed by atoms with Gasteiger partial charge in [-0.3, -0.25) is 14.4 Å². The molecule has 6 nitrogen and oxygen atoms in total. The van der Waals surface area contributed by atoms with Gasteiger partial charge < -0.3 is 14.2 Å². The van der Waals surface area contributed by atoms with E-state index in [1.54, 1.807) is 0 Å². The Morgan fingerprint density at radius 1 is 0.340 bits per heavy atom. The van der Waals surface area contributed by atoms with Crippen LogP contribution in [0.1, 0.15) is 226 Å². The third kappa shape index (κ3) is 35.5. The Morgan fingerprint density at radius 2 is 0.574 bits per heavy atom. The van der Waals surface area contributed by atoms with Gasteiger partial charge in [-0.25, -0.2) is 0 Å². The molecule has 0 fully saturated rings. The highest BCUT2D eigenvalue weighted by atomic mass is 16.6. The molecule has 0 aromatic rings. The van der Waals surface area contributed by atoms with Gasteiger partial charge in [0.25, 0.3) is 0 Å². The number of hydrogen-bond acceptors (Lipinski definition) is 6. The van der Waals surface area contributed by atoms with Crippen LogP contribution in [0.2, 0.25) is 0 Å². The molecule has 1 atom stereocenters. The molecular formula is C41H78O6. The maximum absolute atomic E-state index is 12.5. The van der Waals surface area contributed by atoms with E-state index < -0.39 is 6.10 Å². The van der Waals surface area contributed by atoms with Crippen molar-refractivity contribution in [2.45, 2.75) is 232 Å². The molecule has 0 amide bonds. The largest absolute Gasteiger partial charge is 0.462 e. The average Bonchev–Trinajstić information content (AvgIpc) is 3.06. The maximum Gasteiger partial charge on any atom is 0.306 e. The Hall–Kier alpha value is -1.59. The van der Waals surface area contributed by atoms with Crippen molar-refractivity contribution in [1.82, 2.24) is 0 Å². The van der Waals surface area contributed by atoms with Crippen LogP contribution >= 0.6 is 0 Å². The zero-order valence-corrected chi connectivity index (χ0v) is 31.6. The van der Waals surface area contributed by atoms with E-state index in [2.05, 4.69) is 20.8 Å². The number of hydrogen-bond donors (Lipinski definition) is 0. The van der Waals surface area contributed by atoms with E-state index in [1.807, 2.05) is 0 Å². The predicted molar refractivity (Wildman–Crippen MR) is 197 cm³/mol. The fraction of sp³-hybridized carbons (Fsp3) is 0.927. The van der Waals surface area contributed by atoms with Gasteiger partial charge in [0.05, 0.1) is 0 Å². The van der Waals surface area contributed by atoms with Crippen molar-refractivity contribution < 1.29 is 28.6 Å². The lowest BCUT2D eigenvalue weighted by atomic mass is 10.0. The molecule has 0 aliphatic rings. The summed E-state index contributed by atoms with van der Waals surface area (Å²) < 4.78 is 16.5. The summed E-state index contributed by atoms with van der Waals surface area (Å²) in [7, 11) is 0. The highest BCUT2D eigenvalue weighted by Crippen LogP contribution is 2.15. The molecule has 0 heterocycles. The Morgan fingerprint density at radius 3 is 0.851 bits per heavy atom. The van der Waals surface area contributed by atoms with Crippen molar-refractivity contribution in [2.75, 3.05) is 13.2 Å². The fourth-order valence-electron chi connectivity index (χ4n) is 5.97. The second-order valence-electron chi connectivity index (χ2n) is 13.9. The summed E-state index contributed by atoms with van der Waals surface area (Å²) in [5.74, 6) is -0.874. The van der Waals surface area contributed by atoms with Gasteiger partial charge in [0.15, 0.2) is 6.10 Å². The Labute approximate surface area is 291 Å². The topological polar surface area (TPSA) is 78.9 Å². The van der Waals surface area contributed by atoms with Gasteiger partial charge in [0.2, 0.25) is 0 Å². The van der Waals surface area contributed by atoms with Gasteiger partial charge in [-0.1, -0.05) is 188 Å². The molecule has 0 aliphatic carbocycles. The van der Waals surface area contributed by atoms with Crippen LogP contribution in [0.4, 0.5) is 0 Å². The first-order valence-corrected chi connectivity index (χ1v) is 20.5. The lowest BCUT2D eigenvalue weighted by molar-refractivity contribution is -0.167. The van der Waals surface area contributed by atoms with Gasteiger partial charge in [0, 0.05) is 19.3 Å². The monoisotopic (exact) mass is 667 g/mol. The van der Waals surface area contributed by atoms with Crippen molar-refractivity contribution in [3.8, 4) is 0 Å². The zero-order valence-electron chi connectivity index (χ0n) is 31.6. The van der Waals surface area contributed by atoms with Crippen LogP contribution in [0.3, 0.4) is 0 Å². The third-order valence-corrected chi connectivity index (χ3v) is 9.11. The quantitative estimate of drug-likeness (QED) is 0.0373. The maximum atomic E-state index is 12.5. The molecule has 0 saturated heterocycles. The molecule has 0 bridgehead atoms. The van der Waals surface area contributed by atoms with Gasteiger partial charge >= 0.3 is 17.9 Å². The fourth-order valence-corrected chi connectivity index (χ4v) is 5.97. The number of carbonyl (C=O) groups excluding carboxylic acids is 3. The molecule has 0 aliphatic heterocycles. The number of unbranched alkanes of at least 4 members (excludes halogenated alkanes) is 26. The second-order valence-corrected chi connectivity index (χ2v) is 13.9. The smallest absolute Gasteiger partial charge is 0.306 e. The van der Waals surface area contributed by atoms with Gasteiger partial charge in [0.1, 0.15) is 13.2 Å². The Balaban J connectivity index is 4.18. The molecule has 0 rings (SSSR count). The molecule has 47 heavy (non-hydrogen) atoms. The predicted octanol–water partition coefficient (Wildman–Crippen LogP) is 12.5. The van der Waals surface area contributed by atoms with Crippen LogP contribution < -0.4 is 0 Å². The van der Waals surface area contributed by atoms with E-state index in [-0.39, 0.29) is 31.1 Å². The highest BCUT2D eigenvalue weighted by Gasteiger charge is 2.19. The van der Waals surface area contributed by atoms with Crippen LogP contribution in [0.25, 0.3) is 0 Å². The second kappa shape index (κ2) is 37.2. The molecule has 0 radical (unpaired) electrons. The van der Waals surface area contributed by atoms with Crippen molar-refractivity contribution in [3.63, 3.8) is 0 Å².